The van der Waals surface area contributed by atoms with Crippen molar-refractivity contribution in [2.75, 3.05) is 13.2 Å². The lowest BCUT2D eigenvalue weighted by atomic mass is 9.83. The molecule has 1 fully saturated rings. The highest BCUT2D eigenvalue weighted by atomic mass is 16.5. The zero-order valence-electron chi connectivity index (χ0n) is 11.8. The number of benzene rings is 1. The molecule has 1 aromatic rings. The van der Waals surface area contributed by atoms with Crippen LogP contribution in [0.5, 0.6) is 5.75 Å². The summed E-state index contributed by atoms with van der Waals surface area (Å²) in [6.45, 7) is 2.84. The third-order valence-electron chi connectivity index (χ3n) is 3.83. The summed E-state index contributed by atoms with van der Waals surface area (Å²) in [5.74, 6) is 1.46. The van der Waals surface area contributed by atoms with Gasteiger partial charge >= 0.3 is 0 Å². The summed E-state index contributed by atoms with van der Waals surface area (Å²) in [5, 5.41) is 9.61. The molecule has 0 amide bonds. The molecule has 0 atom stereocenters. The van der Waals surface area contributed by atoms with Gasteiger partial charge < -0.3 is 9.84 Å². The zero-order valence-corrected chi connectivity index (χ0v) is 11.8. The van der Waals surface area contributed by atoms with Crippen molar-refractivity contribution in [3.8, 4) is 5.75 Å². The monoisotopic (exact) mass is 260 g/mol. The molecule has 2 rings (SSSR count). The van der Waals surface area contributed by atoms with Gasteiger partial charge in [-0.1, -0.05) is 37.5 Å². The lowest BCUT2D eigenvalue weighted by Crippen LogP contribution is -2.11. The van der Waals surface area contributed by atoms with Gasteiger partial charge in [-0.3, -0.25) is 0 Å². The summed E-state index contributed by atoms with van der Waals surface area (Å²) in [5.41, 5.74) is 2.30. The molecule has 0 saturated heterocycles. The van der Waals surface area contributed by atoms with Crippen LogP contribution in [0.1, 0.15) is 44.6 Å². The van der Waals surface area contributed by atoms with Gasteiger partial charge in [-0.2, -0.15) is 0 Å². The van der Waals surface area contributed by atoms with Crippen LogP contribution in [0.4, 0.5) is 0 Å². The standard InChI is InChI=1S/C17H24O2/c1-2-19-17-10-6-7-14(12-17)11-16(13-18)15-8-4-3-5-9-15/h6-7,10-12,15,18H,2-5,8-9,13H2,1H3. The summed E-state index contributed by atoms with van der Waals surface area (Å²) in [4.78, 5) is 0. The molecule has 0 aromatic heterocycles. The summed E-state index contributed by atoms with van der Waals surface area (Å²) in [6, 6.07) is 8.09. The molecule has 2 heteroatoms. The van der Waals surface area contributed by atoms with E-state index >= 15 is 0 Å². The topological polar surface area (TPSA) is 29.5 Å². The maximum absolute atomic E-state index is 9.61. The molecule has 104 valence electrons. The van der Waals surface area contributed by atoms with Crippen LogP contribution in [-0.2, 0) is 0 Å². The van der Waals surface area contributed by atoms with Gasteiger partial charge in [-0.15, -0.1) is 0 Å². The molecule has 1 aliphatic carbocycles. The first-order chi connectivity index (χ1) is 9.33. The van der Waals surface area contributed by atoms with Gasteiger partial charge in [0.25, 0.3) is 0 Å². The van der Waals surface area contributed by atoms with E-state index in [-0.39, 0.29) is 6.61 Å². The van der Waals surface area contributed by atoms with Crippen LogP contribution < -0.4 is 4.74 Å². The Morgan fingerprint density at radius 1 is 1.32 bits per heavy atom. The van der Waals surface area contributed by atoms with E-state index in [2.05, 4.69) is 12.1 Å². The van der Waals surface area contributed by atoms with Gasteiger partial charge in [0.15, 0.2) is 0 Å². The summed E-state index contributed by atoms with van der Waals surface area (Å²) < 4.78 is 5.52. The van der Waals surface area contributed by atoms with E-state index in [9.17, 15) is 5.11 Å². The third-order valence-corrected chi connectivity index (χ3v) is 3.83. The van der Waals surface area contributed by atoms with Crippen molar-refractivity contribution in [2.24, 2.45) is 5.92 Å². The van der Waals surface area contributed by atoms with Crippen molar-refractivity contribution < 1.29 is 9.84 Å². The fourth-order valence-electron chi connectivity index (χ4n) is 2.84. The van der Waals surface area contributed by atoms with Crippen molar-refractivity contribution in [1.82, 2.24) is 0 Å². The normalized spacial score (nSPS) is 17.5. The summed E-state index contributed by atoms with van der Waals surface area (Å²) >= 11 is 0. The van der Waals surface area contributed by atoms with Crippen LogP contribution in [-0.4, -0.2) is 18.3 Å². The number of aliphatic hydroxyl groups excluding tert-OH is 1. The van der Waals surface area contributed by atoms with E-state index in [0.717, 1.165) is 11.3 Å². The molecule has 0 bridgehead atoms. The Kier molecular flexibility index (Phi) is 5.46. The van der Waals surface area contributed by atoms with Crippen LogP contribution in [0.15, 0.2) is 29.8 Å². The van der Waals surface area contributed by atoms with Crippen LogP contribution in [0.2, 0.25) is 0 Å². The molecule has 1 N–H and O–H groups in total. The minimum absolute atomic E-state index is 0.170. The van der Waals surface area contributed by atoms with E-state index < -0.39 is 0 Å². The third kappa shape index (κ3) is 4.10. The second kappa shape index (κ2) is 7.34. The molecular formula is C17H24O2. The number of ether oxygens (including phenoxy) is 1. The molecule has 1 saturated carbocycles. The van der Waals surface area contributed by atoms with E-state index in [0.29, 0.717) is 12.5 Å². The van der Waals surface area contributed by atoms with Gasteiger partial charge in [-0.25, -0.2) is 0 Å². The predicted octanol–water partition coefficient (Wildman–Crippen LogP) is 4.04. The van der Waals surface area contributed by atoms with E-state index in [1.54, 1.807) is 0 Å². The van der Waals surface area contributed by atoms with Crippen molar-refractivity contribution in [3.05, 3.63) is 35.4 Å². The molecule has 2 nitrogen and oxygen atoms in total. The highest BCUT2D eigenvalue weighted by Gasteiger charge is 2.17. The summed E-state index contributed by atoms with van der Waals surface area (Å²) in [6.07, 6.45) is 8.50. The summed E-state index contributed by atoms with van der Waals surface area (Å²) in [7, 11) is 0. The van der Waals surface area contributed by atoms with Gasteiger partial charge in [0.05, 0.1) is 13.2 Å². The van der Waals surface area contributed by atoms with Crippen molar-refractivity contribution in [1.29, 1.82) is 0 Å². The second-order valence-electron chi connectivity index (χ2n) is 5.22. The zero-order chi connectivity index (χ0) is 13.5. The van der Waals surface area contributed by atoms with Crippen molar-refractivity contribution >= 4 is 6.08 Å². The highest BCUT2D eigenvalue weighted by Crippen LogP contribution is 2.30. The maximum atomic E-state index is 9.61. The van der Waals surface area contributed by atoms with Gasteiger partial charge in [-0.05, 0) is 49.0 Å². The molecule has 1 aliphatic rings. The first kappa shape index (κ1) is 14.1. The Morgan fingerprint density at radius 2 is 2.11 bits per heavy atom. The fraction of sp³-hybridized carbons (Fsp3) is 0.529. The minimum Gasteiger partial charge on any atom is -0.494 e. The van der Waals surface area contributed by atoms with E-state index in [1.165, 1.54) is 37.7 Å². The molecule has 0 unspecified atom stereocenters. The molecular weight excluding hydrogens is 236 g/mol. The Labute approximate surface area is 116 Å². The Bertz CT molecular complexity index is 417. The predicted molar refractivity (Wildman–Crippen MR) is 79.2 cm³/mol. The lowest BCUT2D eigenvalue weighted by Gasteiger charge is -2.23. The van der Waals surface area contributed by atoms with Crippen LogP contribution in [0, 0.1) is 5.92 Å². The molecule has 0 aliphatic heterocycles. The molecule has 0 spiro atoms. The first-order valence-electron chi connectivity index (χ1n) is 7.37. The maximum Gasteiger partial charge on any atom is 0.119 e. The Hall–Kier alpha value is -1.28. The molecule has 1 aromatic carbocycles. The molecule has 0 radical (unpaired) electrons. The number of rotatable bonds is 5. The largest absolute Gasteiger partial charge is 0.494 e. The van der Waals surface area contributed by atoms with Crippen molar-refractivity contribution in [3.63, 3.8) is 0 Å². The molecule has 0 heterocycles. The lowest BCUT2D eigenvalue weighted by molar-refractivity contribution is 0.295. The van der Waals surface area contributed by atoms with Crippen molar-refractivity contribution in [2.45, 2.75) is 39.0 Å². The van der Waals surface area contributed by atoms with E-state index in [4.69, 9.17) is 4.74 Å². The minimum atomic E-state index is 0.170. The number of hydrogen-bond acceptors (Lipinski definition) is 2. The average molecular weight is 260 g/mol. The van der Waals surface area contributed by atoms with Gasteiger partial charge in [0.1, 0.15) is 5.75 Å². The van der Waals surface area contributed by atoms with Crippen LogP contribution in [0.3, 0.4) is 0 Å². The highest BCUT2D eigenvalue weighted by molar-refractivity contribution is 5.55. The first-order valence-corrected chi connectivity index (χ1v) is 7.37. The fourth-order valence-corrected chi connectivity index (χ4v) is 2.84. The van der Waals surface area contributed by atoms with Crippen LogP contribution >= 0.6 is 0 Å². The van der Waals surface area contributed by atoms with E-state index in [1.807, 2.05) is 25.1 Å². The Morgan fingerprint density at radius 3 is 2.79 bits per heavy atom. The smallest absolute Gasteiger partial charge is 0.119 e. The number of hydrogen-bond donors (Lipinski definition) is 1. The number of aliphatic hydroxyl groups is 1. The van der Waals surface area contributed by atoms with Gasteiger partial charge in [0, 0.05) is 0 Å². The van der Waals surface area contributed by atoms with Crippen LogP contribution in [0.25, 0.3) is 6.08 Å². The molecule has 19 heavy (non-hydrogen) atoms. The second-order valence-corrected chi connectivity index (χ2v) is 5.22. The quantitative estimate of drug-likeness (QED) is 0.865. The SMILES string of the molecule is CCOc1cccc(C=C(CO)C2CCCCC2)c1. The van der Waals surface area contributed by atoms with Gasteiger partial charge in [0.2, 0.25) is 0 Å². The Balaban J connectivity index is 2.14. The average Bonchev–Trinajstić information content (AvgIpc) is 2.46.